The van der Waals surface area contributed by atoms with Gasteiger partial charge >= 0.3 is 0 Å². The van der Waals surface area contributed by atoms with Crippen LogP contribution in [0.15, 0.2) is 49.3 Å². The van der Waals surface area contributed by atoms with E-state index in [0.717, 1.165) is 36.0 Å². The van der Waals surface area contributed by atoms with Crippen molar-refractivity contribution >= 4 is 22.8 Å². The van der Waals surface area contributed by atoms with Gasteiger partial charge in [0.1, 0.15) is 17.8 Å². The summed E-state index contributed by atoms with van der Waals surface area (Å²) < 4.78 is 1.90. The van der Waals surface area contributed by atoms with Crippen molar-refractivity contribution in [1.82, 2.24) is 24.6 Å². The quantitative estimate of drug-likeness (QED) is 0.734. The lowest BCUT2D eigenvalue weighted by Gasteiger charge is -2.32. The molecule has 4 rings (SSSR count). The number of nitrogen functional groups attached to an aromatic ring is 1. The number of anilines is 1. The minimum absolute atomic E-state index is 0.0434. The molecule has 2 N–H and O–H groups in total. The Labute approximate surface area is 151 Å². The molecule has 0 spiro atoms. The van der Waals surface area contributed by atoms with Gasteiger partial charge in [-0.2, -0.15) is 5.10 Å². The molecule has 3 heterocycles. The van der Waals surface area contributed by atoms with E-state index in [9.17, 15) is 4.79 Å². The highest BCUT2D eigenvalue weighted by molar-refractivity contribution is 5.98. The van der Waals surface area contributed by atoms with Crippen LogP contribution in [0.4, 0.5) is 5.82 Å². The number of aromatic nitrogens is 4. The molecule has 7 nitrogen and oxygen atoms in total. The van der Waals surface area contributed by atoms with Crippen LogP contribution in [0, 0.1) is 0 Å². The Morgan fingerprint density at radius 2 is 2.08 bits per heavy atom. The number of likely N-dealkylation sites (tertiary alicyclic amines) is 1. The summed E-state index contributed by atoms with van der Waals surface area (Å²) in [6, 6.07) is 9.92. The van der Waals surface area contributed by atoms with Gasteiger partial charge in [-0.25, -0.2) is 14.6 Å². The van der Waals surface area contributed by atoms with Gasteiger partial charge in [-0.3, -0.25) is 4.79 Å². The topological polar surface area (TPSA) is 89.9 Å². The summed E-state index contributed by atoms with van der Waals surface area (Å²) >= 11 is 0. The zero-order chi connectivity index (χ0) is 18.1. The molecular formula is C19H20N6O. The number of nitrogens with two attached hydrogens (primary N) is 1. The molecule has 26 heavy (non-hydrogen) atoms. The van der Waals surface area contributed by atoms with Crippen molar-refractivity contribution in [2.75, 3.05) is 18.8 Å². The summed E-state index contributed by atoms with van der Waals surface area (Å²) in [5, 5.41) is 5.59. The van der Waals surface area contributed by atoms with Gasteiger partial charge in [0, 0.05) is 18.7 Å². The summed E-state index contributed by atoms with van der Waals surface area (Å²) in [6.45, 7) is 4.91. The van der Waals surface area contributed by atoms with Crippen molar-refractivity contribution in [3.05, 3.63) is 49.3 Å². The van der Waals surface area contributed by atoms with Gasteiger partial charge in [0.25, 0.3) is 0 Å². The molecule has 1 fully saturated rings. The average Bonchev–Trinajstić information content (AvgIpc) is 3.09. The second kappa shape index (κ2) is 6.59. The Hall–Kier alpha value is -3.22. The van der Waals surface area contributed by atoms with Crippen molar-refractivity contribution < 1.29 is 4.79 Å². The average molecular weight is 348 g/mol. The predicted molar refractivity (Wildman–Crippen MR) is 100 cm³/mol. The Bertz CT molecular complexity index is 965. The summed E-state index contributed by atoms with van der Waals surface area (Å²) in [6.07, 6.45) is 4.65. The van der Waals surface area contributed by atoms with Crippen molar-refractivity contribution in [1.29, 1.82) is 0 Å². The maximum atomic E-state index is 12.0. The largest absolute Gasteiger partial charge is 0.383 e. The molecule has 132 valence electrons. The minimum Gasteiger partial charge on any atom is -0.383 e. The van der Waals surface area contributed by atoms with E-state index in [4.69, 9.17) is 10.8 Å². The predicted octanol–water partition coefficient (Wildman–Crippen LogP) is 2.43. The van der Waals surface area contributed by atoms with Crippen molar-refractivity contribution in [3.8, 4) is 11.3 Å². The third-order valence-electron chi connectivity index (χ3n) is 4.79. The highest BCUT2D eigenvalue weighted by Crippen LogP contribution is 2.33. The van der Waals surface area contributed by atoms with E-state index in [1.165, 1.54) is 12.4 Å². The van der Waals surface area contributed by atoms with Crippen LogP contribution in [0.3, 0.4) is 0 Å². The lowest BCUT2D eigenvalue weighted by atomic mass is 10.1. The molecule has 1 aliphatic heterocycles. The lowest BCUT2D eigenvalue weighted by molar-refractivity contribution is -0.127. The first-order valence-corrected chi connectivity index (χ1v) is 8.64. The van der Waals surface area contributed by atoms with Gasteiger partial charge in [0.15, 0.2) is 5.65 Å². The zero-order valence-electron chi connectivity index (χ0n) is 14.4. The highest BCUT2D eigenvalue weighted by Gasteiger charge is 2.27. The van der Waals surface area contributed by atoms with Gasteiger partial charge in [-0.15, -0.1) is 0 Å². The van der Waals surface area contributed by atoms with E-state index in [1.54, 1.807) is 4.90 Å². The van der Waals surface area contributed by atoms with E-state index in [0.29, 0.717) is 18.0 Å². The normalized spacial score (nSPS) is 17.4. The monoisotopic (exact) mass is 348 g/mol. The maximum absolute atomic E-state index is 12.0. The van der Waals surface area contributed by atoms with Crippen LogP contribution in [-0.2, 0) is 4.79 Å². The molecule has 1 atom stereocenters. The summed E-state index contributed by atoms with van der Waals surface area (Å²) in [7, 11) is 0. The second-order valence-corrected chi connectivity index (χ2v) is 6.40. The molecule has 1 amide bonds. The van der Waals surface area contributed by atoms with Crippen LogP contribution in [0.5, 0.6) is 0 Å². The molecule has 1 unspecified atom stereocenters. The molecule has 2 aromatic heterocycles. The Morgan fingerprint density at radius 1 is 1.27 bits per heavy atom. The number of hydrogen-bond donors (Lipinski definition) is 1. The molecule has 1 saturated heterocycles. The Balaban J connectivity index is 1.82. The number of hydrogen-bond acceptors (Lipinski definition) is 5. The summed E-state index contributed by atoms with van der Waals surface area (Å²) in [4.78, 5) is 22.4. The number of carbonyl (C=O) groups is 1. The number of rotatable bonds is 3. The van der Waals surface area contributed by atoms with Crippen molar-refractivity contribution in [3.63, 3.8) is 0 Å². The number of piperidine rings is 1. The molecule has 1 aromatic carbocycles. The second-order valence-electron chi connectivity index (χ2n) is 6.40. The maximum Gasteiger partial charge on any atom is 0.246 e. The van der Waals surface area contributed by atoms with Crippen LogP contribution >= 0.6 is 0 Å². The Kier molecular flexibility index (Phi) is 4.12. The highest BCUT2D eigenvalue weighted by atomic mass is 16.2. The fraction of sp³-hybridized carbons (Fsp3) is 0.263. The van der Waals surface area contributed by atoms with Crippen LogP contribution < -0.4 is 5.73 Å². The molecular weight excluding hydrogens is 328 g/mol. The van der Waals surface area contributed by atoms with Crippen LogP contribution in [0.25, 0.3) is 22.3 Å². The fourth-order valence-corrected chi connectivity index (χ4v) is 3.53. The number of fused-ring (bicyclic) bond motifs is 1. The standard InChI is InChI=1S/C19H20N6O/c1-2-15(26)24-10-6-9-14(11-24)25-19-16(18(20)21-12-22-19)17(23-25)13-7-4-3-5-8-13/h2-5,7-8,12,14H,1,6,9-11H2,(H2,20,21,22). The zero-order valence-corrected chi connectivity index (χ0v) is 14.4. The smallest absolute Gasteiger partial charge is 0.246 e. The van der Waals surface area contributed by atoms with Crippen molar-refractivity contribution in [2.45, 2.75) is 18.9 Å². The van der Waals surface area contributed by atoms with E-state index in [-0.39, 0.29) is 11.9 Å². The van der Waals surface area contributed by atoms with Crippen LogP contribution in [0.2, 0.25) is 0 Å². The number of carbonyl (C=O) groups excluding carboxylic acids is 1. The van der Waals surface area contributed by atoms with Gasteiger partial charge in [-0.05, 0) is 18.9 Å². The minimum atomic E-state index is -0.0522. The molecule has 0 aliphatic carbocycles. The Morgan fingerprint density at radius 3 is 2.85 bits per heavy atom. The first kappa shape index (κ1) is 16.3. The van der Waals surface area contributed by atoms with Gasteiger partial charge in [-0.1, -0.05) is 36.9 Å². The third-order valence-corrected chi connectivity index (χ3v) is 4.79. The van der Waals surface area contributed by atoms with Crippen LogP contribution in [0.1, 0.15) is 18.9 Å². The first-order chi connectivity index (χ1) is 12.7. The van der Waals surface area contributed by atoms with E-state index in [1.807, 2.05) is 35.0 Å². The van der Waals surface area contributed by atoms with Crippen molar-refractivity contribution in [2.24, 2.45) is 0 Å². The molecule has 3 aromatic rings. The van der Waals surface area contributed by atoms with Gasteiger partial charge in [0.2, 0.25) is 5.91 Å². The molecule has 7 heteroatoms. The van der Waals surface area contributed by atoms with Gasteiger partial charge < -0.3 is 10.6 Å². The fourth-order valence-electron chi connectivity index (χ4n) is 3.53. The number of benzene rings is 1. The molecule has 0 bridgehead atoms. The van der Waals surface area contributed by atoms with E-state index < -0.39 is 0 Å². The van der Waals surface area contributed by atoms with E-state index >= 15 is 0 Å². The SMILES string of the molecule is C=CC(=O)N1CCCC(n2nc(-c3ccccc3)c3c(N)ncnc32)C1. The molecule has 0 saturated carbocycles. The van der Waals surface area contributed by atoms with Crippen LogP contribution in [-0.4, -0.2) is 43.6 Å². The molecule has 0 radical (unpaired) electrons. The molecule has 1 aliphatic rings. The number of nitrogens with zero attached hydrogens (tertiary/aromatic N) is 5. The lowest BCUT2D eigenvalue weighted by Crippen LogP contribution is -2.40. The number of amides is 1. The summed E-state index contributed by atoms with van der Waals surface area (Å²) in [5.41, 5.74) is 8.59. The van der Waals surface area contributed by atoms with Gasteiger partial charge in [0.05, 0.1) is 11.4 Å². The first-order valence-electron chi connectivity index (χ1n) is 8.64. The van der Waals surface area contributed by atoms with E-state index in [2.05, 4.69) is 16.5 Å². The third kappa shape index (κ3) is 2.71. The summed E-state index contributed by atoms with van der Waals surface area (Å²) in [5.74, 6) is 0.360.